The predicted octanol–water partition coefficient (Wildman–Crippen LogP) is 2.45. The molecule has 1 aromatic carbocycles. The molecule has 5 nitrogen and oxygen atoms in total. The molecule has 130 valence electrons. The van der Waals surface area contributed by atoms with Crippen molar-refractivity contribution >= 4 is 0 Å². The van der Waals surface area contributed by atoms with Gasteiger partial charge in [-0.05, 0) is 32.8 Å². The maximum atomic E-state index is 10.2. The normalized spacial score (nSPS) is 16.0. The van der Waals surface area contributed by atoms with Crippen LogP contribution in [0, 0.1) is 0 Å². The Morgan fingerprint density at radius 1 is 1.22 bits per heavy atom. The van der Waals surface area contributed by atoms with Gasteiger partial charge in [-0.2, -0.15) is 0 Å². The van der Waals surface area contributed by atoms with E-state index in [9.17, 15) is 5.11 Å². The number of aliphatic hydroxyl groups is 1. The monoisotopic (exact) mass is 323 g/mol. The number of aliphatic hydroxyl groups excluding tert-OH is 1. The fraction of sp³-hybridized carbons (Fsp3) is 0.667. The van der Waals surface area contributed by atoms with Gasteiger partial charge >= 0.3 is 0 Å². The molecule has 5 heteroatoms. The van der Waals surface area contributed by atoms with Gasteiger partial charge in [0.25, 0.3) is 0 Å². The van der Waals surface area contributed by atoms with Gasteiger partial charge in [0, 0.05) is 24.7 Å². The third-order valence-electron chi connectivity index (χ3n) is 3.99. The van der Waals surface area contributed by atoms with Crippen LogP contribution in [0.2, 0.25) is 0 Å². The van der Waals surface area contributed by atoms with Gasteiger partial charge in [0.15, 0.2) is 11.5 Å². The van der Waals surface area contributed by atoms with E-state index in [2.05, 4.69) is 4.90 Å². The summed E-state index contributed by atoms with van der Waals surface area (Å²) in [6.45, 7) is 5.68. The highest BCUT2D eigenvalue weighted by Gasteiger charge is 2.31. The molecule has 1 N–H and O–H groups in total. The van der Waals surface area contributed by atoms with Crippen LogP contribution in [0.4, 0.5) is 0 Å². The van der Waals surface area contributed by atoms with E-state index >= 15 is 0 Å². The molecule has 1 aliphatic rings. The van der Waals surface area contributed by atoms with E-state index < -0.39 is 6.10 Å². The van der Waals surface area contributed by atoms with Crippen molar-refractivity contribution in [3.05, 3.63) is 23.8 Å². The first-order valence-electron chi connectivity index (χ1n) is 8.28. The Bertz CT molecular complexity index is 488. The maximum absolute atomic E-state index is 10.2. The molecule has 0 spiro atoms. The number of ether oxygens (including phenoxy) is 3. The summed E-state index contributed by atoms with van der Waals surface area (Å²) in [5.41, 5.74) is 1.08. The fourth-order valence-electron chi connectivity index (χ4n) is 2.71. The summed E-state index contributed by atoms with van der Waals surface area (Å²) >= 11 is 0. The molecule has 0 saturated heterocycles. The van der Waals surface area contributed by atoms with Crippen LogP contribution in [0.1, 0.15) is 32.3 Å². The van der Waals surface area contributed by atoms with E-state index in [0.29, 0.717) is 19.2 Å². The second-order valence-electron chi connectivity index (χ2n) is 6.35. The molecule has 0 radical (unpaired) electrons. The first-order valence-corrected chi connectivity index (χ1v) is 8.28. The van der Waals surface area contributed by atoms with Crippen LogP contribution in [0.3, 0.4) is 0 Å². The highest BCUT2D eigenvalue weighted by molar-refractivity contribution is 5.46. The third-order valence-corrected chi connectivity index (χ3v) is 3.99. The van der Waals surface area contributed by atoms with Crippen molar-refractivity contribution in [2.45, 2.75) is 51.5 Å². The molecule has 1 fully saturated rings. The Kier molecular flexibility index (Phi) is 6.69. The molecule has 0 amide bonds. The largest absolute Gasteiger partial charge is 0.493 e. The zero-order valence-electron chi connectivity index (χ0n) is 14.6. The molecule has 0 aromatic heterocycles. The molecule has 0 heterocycles. The Labute approximate surface area is 139 Å². The van der Waals surface area contributed by atoms with Crippen LogP contribution < -0.4 is 9.47 Å². The third kappa shape index (κ3) is 5.37. The molecule has 1 atom stereocenters. The van der Waals surface area contributed by atoms with E-state index in [-0.39, 0.29) is 6.10 Å². The highest BCUT2D eigenvalue weighted by Crippen LogP contribution is 2.34. The average Bonchev–Trinajstić information content (AvgIpc) is 3.36. The molecule has 0 aliphatic heterocycles. The van der Waals surface area contributed by atoms with Crippen molar-refractivity contribution in [2.75, 3.05) is 27.4 Å². The Balaban J connectivity index is 2.02. The zero-order chi connectivity index (χ0) is 16.8. The standard InChI is InChI=1S/C18H29NO4/c1-13(2)23-12-16(20)11-19(15-8-9-15)10-14-6-5-7-17(21-3)18(14)22-4/h5-7,13,15-16,20H,8-12H2,1-4H3/t16-/m1/s1. The summed E-state index contributed by atoms with van der Waals surface area (Å²) in [5.74, 6) is 1.51. The van der Waals surface area contributed by atoms with Crippen LogP contribution in [-0.4, -0.2) is 55.6 Å². The average molecular weight is 323 g/mol. The zero-order valence-corrected chi connectivity index (χ0v) is 14.6. The smallest absolute Gasteiger partial charge is 0.165 e. The van der Waals surface area contributed by atoms with E-state index in [4.69, 9.17) is 14.2 Å². The van der Waals surface area contributed by atoms with Gasteiger partial charge in [0.1, 0.15) is 0 Å². The Hall–Kier alpha value is -1.30. The Morgan fingerprint density at radius 2 is 1.96 bits per heavy atom. The summed E-state index contributed by atoms with van der Waals surface area (Å²) < 4.78 is 16.4. The van der Waals surface area contributed by atoms with E-state index in [1.54, 1.807) is 14.2 Å². The van der Waals surface area contributed by atoms with Gasteiger partial charge in [0.05, 0.1) is 33.0 Å². The van der Waals surface area contributed by atoms with Gasteiger partial charge in [-0.15, -0.1) is 0 Å². The second kappa shape index (κ2) is 8.52. The lowest BCUT2D eigenvalue weighted by atomic mass is 10.1. The van der Waals surface area contributed by atoms with Crippen LogP contribution in [-0.2, 0) is 11.3 Å². The van der Waals surface area contributed by atoms with Gasteiger partial charge in [-0.3, -0.25) is 4.90 Å². The Morgan fingerprint density at radius 3 is 2.52 bits per heavy atom. The quantitative estimate of drug-likeness (QED) is 0.717. The molecule has 1 saturated carbocycles. The van der Waals surface area contributed by atoms with Crippen LogP contribution in [0.15, 0.2) is 18.2 Å². The summed E-state index contributed by atoms with van der Waals surface area (Å²) in [4.78, 5) is 2.31. The van der Waals surface area contributed by atoms with Crippen LogP contribution >= 0.6 is 0 Å². The number of methoxy groups -OCH3 is 2. The van der Waals surface area contributed by atoms with Crippen molar-refractivity contribution in [3.8, 4) is 11.5 Å². The lowest BCUT2D eigenvalue weighted by Crippen LogP contribution is -2.36. The maximum Gasteiger partial charge on any atom is 0.165 e. The van der Waals surface area contributed by atoms with Gasteiger partial charge in [-0.25, -0.2) is 0 Å². The van der Waals surface area contributed by atoms with Crippen molar-refractivity contribution in [3.63, 3.8) is 0 Å². The molecular formula is C18H29NO4. The molecule has 1 aromatic rings. The van der Waals surface area contributed by atoms with Crippen molar-refractivity contribution in [1.82, 2.24) is 4.90 Å². The fourth-order valence-corrected chi connectivity index (χ4v) is 2.71. The molecule has 23 heavy (non-hydrogen) atoms. The lowest BCUT2D eigenvalue weighted by Gasteiger charge is -2.26. The first-order chi connectivity index (χ1) is 11.0. The predicted molar refractivity (Wildman–Crippen MR) is 90.1 cm³/mol. The minimum atomic E-state index is -0.477. The van der Waals surface area contributed by atoms with E-state index in [1.165, 1.54) is 12.8 Å². The number of para-hydroxylation sites is 1. The van der Waals surface area contributed by atoms with Crippen LogP contribution in [0.5, 0.6) is 11.5 Å². The molecule has 0 unspecified atom stereocenters. The summed E-state index contributed by atoms with van der Waals surface area (Å²) in [6, 6.07) is 6.46. The second-order valence-corrected chi connectivity index (χ2v) is 6.35. The SMILES string of the molecule is COc1cccc(CN(C[C@@H](O)COC(C)C)C2CC2)c1OC. The van der Waals surface area contributed by atoms with Crippen molar-refractivity contribution in [1.29, 1.82) is 0 Å². The van der Waals surface area contributed by atoms with Crippen LogP contribution in [0.25, 0.3) is 0 Å². The summed E-state index contributed by atoms with van der Waals surface area (Å²) in [6.07, 6.45) is 2.03. The van der Waals surface area contributed by atoms with Gasteiger partial charge in [0.2, 0.25) is 0 Å². The summed E-state index contributed by atoms with van der Waals surface area (Å²) in [7, 11) is 3.31. The van der Waals surface area contributed by atoms with Gasteiger partial charge in [-0.1, -0.05) is 12.1 Å². The number of nitrogens with zero attached hydrogens (tertiary/aromatic N) is 1. The summed E-state index contributed by atoms with van der Waals surface area (Å²) in [5, 5.41) is 10.2. The first kappa shape index (κ1) is 18.0. The molecular weight excluding hydrogens is 294 g/mol. The number of hydrogen-bond acceptors (Lipinski definition) is 5. The topological polar surface area (TPSA) is 51.2 Å². The molecule has 0 bridgehead atoms. The minimum Gasteiger partial charge on any atom is -0.493 e. The van der Waals surface area contributed by atoms with E-state index in [1.807, 2.05) is 32.0 Å². The minimum absolute atomic E-state index is 0.137. The van der Waals surface area contributed by atoms with E-state index in [0.717, 1.165) is 23.6 Å². The number of benzene rings is 1. The van der Waals surface area contributed by atoms with Crippen molar-refractivity contribution < 1.29 is 19.3 Å². The number of hydrogen-bond donors (Lipinski definition) is 1. The number of rotatable bonds is 10. The van der Waals surface area contributed by atoms with Crippen molar-refractivity contribution in [2.24, 2.45) is 0 Å². The molecule has 2 rings (SSSR count). The van der Waals surface area contributed by atoms with Gasteiger partial charge < -0.3 is 19.3 Å². The molecule has 1 aliphatic carbocycles. The lowest BCUT2D eigenvalue weighted by molar-refractivity contribution is -0.0107. The highest BCUT2D eigenvalue weighted by atomic mass is 16.5.